The first-order chi connectivity index (χ1) is 44.4. The number of furan rings is 3. The topological polar surface area (TPSA) is 39.4 Å². The van der Waals surface area contributed by atoms with Gasteiger partial charge in [0.25, 0.3) is 0 Å². The Balaban J connectivity index is 0.000000239. The van der Waals surface area contributed by atoms with Crippen molar-refractivity contribution in [1.82, 2.24) is 0 Å². The van der Waals surface area contributed by atoms with E-state index in [1.54, 1.807) is 11.1 Å². The number of hydrogen-bond acceptors (Lipinski definition) is 10. The van der Waals surface area contributed by atoms with Gasteiger partial charge in [-0.25, -0.2) is 0 Å². The second-order valence-electron chi connectivity index (χ2n) is 35.4. The van der Waals surface area contributed by atoms with Crippen LogP contribution in [0.5, 0.6) is 0 Å². The van der Waals surface area contributed by atoms with Crippen LogP contribution in [0.4, 0.5) is 0 Å². The van der Waals surface area contributed by atoms with Gasteiger partial charge in [0, 0.05) is 73.9 Å². The Labute approximate surface area is 625 Å². The minimum Gasteiger partial charge on any atom is -0.469 e. The molecule has 0 bridgehead atoms. The molecule has 3 nitrogen and oxygen atoms in total. The van der Waals surface area contributed by atoms with Gasteiger partial charge in [0.1, 0.15) is 23.0 Å². The van der Waals surface area contributed by atoms with Gasteiger partial charge >= 0.3 is 0 Å². The van der Waals surface area contributed by atoms with Crippen LogP contribution in [0.15, 0.2) is 72.9 Å². The lowest BCUT2D eigenvalue weighted by Gasteiger charge is -2.17. The second kappa shape index (κ2) is 33.0. The molecule has 0 saturated heterocycles. The molecule has 11 aromatic rings. The second-order valence-corrected chi connectivity index (χ2v) is 42.7. The fourth-order valence-corrected chi connectivity index (χ4v) is 20.9. The van der Waals surface area contributed by atoms with E-state index in [1.807, 2.05) is 98.6 Å². The molecular formula is C88H130O3S7. The van der Waals surface area contributed by atoms with Gasteiger partial charge in [-0.2, -0.15) is 0 Å². The lowest BCUT2D eigenvalue weighted by atomic mass is 9.90. The summed E-state index contributed by atoms with van der Waals surface area (Å²) in [6.45, 7) is 88.6. The van der Waals surface area contributed by atoms with Gasteiger partial charge in [0.2, 0.25) is 0 Å². The fraction of sp³-hybridized carbons (Fsp3) is 0.545. The third kappa shape index (κ3) is 22.1. The van der Waals surface area contributed by atoms with E-state index in [1.165, 1.54) is 130 Å². The molecule has 10 aromatic heterocycles. The molecule has 1 aromatic carbocycles. The number of aryl methyl sites for hydroxylation is 10. The zero-order valence-corrected chi connectivity index (χ0v) is 74.6. The zero-order chi connectivity index (χ0) is 75.5. The number of rotatable bonds is 0. The molecule has 11 rings (SSSR count). The van der Waals surface area contributed by atoms with Gasteiger partial charge < -0.3 is 13.3 Å². The van der Waals surface area contributed by atoms with E-state index in [0.29, 0.717) is 16.2 Å². The van der Waals surface area contributed by atoms with Gasteiger partial charge in [-0.1, -0.05) is 184 Å². The van der Waals surface area contributed by atoms with E-state index < -0.39 is 0 Å². The summed E-state index contributed by atoms with van der Waals surface area (Å²) < 4.78 is 23.9. The van der Waals surface area contributed by atoms with Gasteiger partial charge in [-0.05, 0) is 245 Å². The molecule has 0 atom stereocenters. The first-order valence-electron chi connectivity index (χ1n) is 35.1. The highest BCUT2D eigenvalue weighted by atomic mass is 32.1. The highest BCUT2D eigenvalue weighted by molar-refractivity contribution is 7.28. The number of fused-ring (bicyclic) bond motifs is 3. The minimum atomic E-state index is 0.128. The highest BCUT2D eigenvalue weighted by Crippen LogP contribution is 2.46. The van der Waals surface area contributed by atoms with Crippen molar-refractivity contribution in [3.8, 4) is 0 Å². The van der Waals surface area contributed by atoms with Crippen molar-refractivity contribution in [3.05, 3.63) is 189 Å². The van der Waals surface area contributed by atoms with Crippen molar-refractivity contribution < 1.29 is 13.3 Å². The van der Waals surface area contributed by atoms with Gasteiger partial charge in [0.15, 0.2) is 0 Å². The minimum absolute atomic E-state index is 0.128. The van der Waals surface area contributed by atoms with Crippen LogP contribution in [-0.4, -0.2) is 0 Å². The maximum atomic E-state index is 5.71. The average molecular weight is 1460 g/mol. The molecule has 0 aliphatic rings. The number of thiophene rings is 7. The summed E-state index contributed by atoms with van der Waals surface area (Å²) in [5.74, 6) is 4.37. The summed E-state index contributed by atoms with van der Waals surface area (Å²) in [7, 11) is 0. The Morgan fingerprint density at radius 2 is 0.735 bits per heavy atom. The molecule has 0 N–H and O–H groups in total. The molecule has 10 heterocycles. The Morgan fingerprint density at radius 1 is 0.286 bits per heavy atom. The molecular weight excluding hydrogens is 1330 g/mol. The summed E-state index contributed by atoms with van der Waals surface area (Å²) in [5, 5.41) is 5.85. The van der Waals surface area contributed by atoms with Crippen molar-refractivity contribution in [2.24, 2.45) is 0 Å². The van der Waals surface area contributed by atoms with Crippen molar-refractivity contribution in [2.45, 2.75) is 320 Å². The summed E-state index contributed by atoms with van der Waals surface area (Å²) in [5.41, 5.74) is 20.1. The number of benzene rings is 1. The van der Waals surface area contributed by atoms with E-state index >= 15 is 0 Å². The normalized spacial score (nSPS) is 12.3. The molecule has 0 spiro atoms. The van der Waals surface area contributed by atoms with E-state index in [-0.39, 0.29) is 27.1 Å². The maximum Gasteiger partial charge on any atom is 0.112 e. The molecule has 0 aliphatic heterocycles. The molecule has 0 amide bonds. The van der Waals surface area contributed by atoms with Crippen molar-refractivity contribution in [3.63, 3.8) is 0 Å². The van der Waals surface area contributed by atoms with Crippen LogP contribution in [0.2, 0.25) is 0 Å². The van der Waals surface area contributed by atoms with Crippen molar-refractivity contribution in [1.29, 1.82) is 0 Å². The predicted octanol–water partition coefficient (Wildman–Crippen LogP) is 31.5. The van der Waals surface area contributed by atoms with Gasteiger partial charge in [-0.3, -0.25) is 0 Å². The molecule has 0 unspecified atom stereocenters. The third-order valence-electron chi connectivity index (χ3n) is 17.8. The monoisotopic (exact) mass is 1460 g/mol. The van der Waals surface area contributed by atoms with Crippen LogP contribution < -0.4 is 0 Å². The van der Waals surface area contributed by atoms with Crippen LogP contribution in [0.25, 0.3) is 28.9 Å². The van der Waals surface area contributed by atoms with E-state index in [9.17, 15) is 0 Å². The largest absolute Gasteiger partial charge is 0.469 e. The van der Waals surface area contributed by atoms with Crippen LogP contribution in [0.3, 0.4) is 0 Å². The summed E-state index contributed by atoms with van der Waals surface area (Å²) in [6.07, 6.45) is 3.58. The standard InChI is InChI=1S/C13H18S2.C13H16S.C11H18O.C11H14S2.C11H18S.C10H16O.C10H16S.C9H14O/c1-7-9(3)14-11-8(2)12(13(4,5)6)15-10(7)11;1-9-10-7-5-6-8-11(10)14-12(9)13(2,3)4;1-7-8(2)10(11(4,5)6)12-9(7)3;1-7-9-8(5-6-12-9)13-10(7)11(2,3)4;1-7-8(2)10(11(4,5)6)12-9(7)3;2*1-7-6-11-9(8(7)2)10(3,4)5;1-7-5-6-10-8(7)9(2,3)4/h1-6H3;5-8H,1-4H3;1-6H3;5-6H,1-4H3;1-6H3;2*6H,1-5H3;5-6H,1-4H3. The Bertz CT molecular complexity index is 4220. The predicted molar refractivity (Wildman–Crippen MR) is 451 cm³/mol. The van der Waals surface area contributed by atoms with Gasteiger partial charge in [0.05, 0.1) is 12.5 Å². The van der Waals surface area contributed by atoms with E-state index in [4.69, 9.17) is 13.3 Å². The molecule has 10 heteroatoms. The Morgan fingerprint density at radius 3 is 1.06 bits per heavy atom. The number of hydrogen-bond donors (Lipinski definition) is 0. The smallest absolute Gasteiger partial charge is 0.112 e. The van der Waals surface area contributed by atoms with Crippen LogP contribution >= 0.6 is 79.4 Å². The first kappa shape index (κ1) is 86.1. The fourth-order valence-electron chi connectivity index (χ4n) is 12.1. The first-order valence-corrected chi connectivity index (χ1v) is 40.9. The summed E-state index contributed by atoms with van der Waals surface area (Å²) >= 11 is 13.5. The summed E-state index contributed by atoms with van der Waals surface area (Å²) in [6, 6.07) is 12.9. The molecule has 542 valence electrons. The van der Waals surface area contributed by atoms with Gasteiger partial charge in [-0.15, -0.1) is 79.4 Å². The molecule has 0 saturated carbocycles. The van der Waals surface area contributed by atoms with E-state index in [2.05, 4.69) is 311 Å². The summed E-state index contributed by atoms with van der Waals surface area (Å²) in [4.78, 5) is 10.6. The third-order valence-corrected chi connectivity index (χ3v) is 29.0. The SMILES string of the molecule is Cc1c(C(C)(C)C)sc2ccccc12.Cc1c(C(C)(C)C)sc2ccsc12.Cc1ccoc1C(C)(C)C.Cc1coc(C(C)(C)C)c1C.Cc1csc(C(C)(C)C)c1C.Cc1oc(C(C)(C)C)c(C)c1C.Cc1sc(C(C)(C)C)c(C)c1C.Cc1sc2c(C)c(C(C)(C)C)sc2c1C. The molecule has 0 radical (unpaired) electrons. The molecule has 0 aliphatic carbocycles. The van der Waals surface area contributed by atoms with Crippen molar-refractivity contribution >= 4 is 108 Å². The lowest BCUT2D eigenvalue weighted by Crippen LogP contribution is -2.11. The highest BCUT2D eigenvalue weighted by Gasteiger charge is 2.28. The Kier molecular flexibility index (Phi) is 29.0. The quantitative estimate of drug-likeness (QED) is 0.152. The van der Waals surface area contributed by atoms with Crippen molar-refractivity contribution in [2.75, 3.05) is 0 Å². The zero-order valence-electron chi connectivity index (χ0n) is 68.9. The lowest BCUT2D eigenvalue weighted by molar-refractivity contribution is 0.392. The van der Waals surface area contributed by atoms with Crippen LogP contribution in [-0.2, 0) is 43.3 Å². The van der Waals surface area contributed by atoms with E-state index in [0.717, 1.165) is 23.0 Å². The molecule has 0 fully saturated rings. The van der Waals surface area contributed by atoms with Crippen LogP contribution in [0, 0.1) is 111 Å². The maximum absolute atomic E-state index is 5.71. The Hall–Kier alpha value is -4.26. The molecule has 98 heavy (non-hydrogen) atoms. The van der Waals surface area contributed by atoms with Crippen LogP contribution in [0.1, 0.15) is 296 Å². The average Bonchev–Trinajstić information content (AvgIpc) is 1.62.